The number of ketones is 1. The highest BCUT2D eigenvalue weighted by atomic mass is 16.7. The third-order valence-electron chi connectivity index (χ3n) is 3.51. The molecule has 0 saturated heterocycles. The van der Waals surface area contributed by atoms with Crippen LogP contribution in [0.15, 0.2) is 30.0 Å². The number of benzene rings is 1. The van der Waals surface area contributed by atoms with Crippen molar-refractivity contribution in [1.29, 1.82) is 0 Å². The Balaban J connectivity index is 1.62. The lowest BCUT2D eigenvalue weighted by Crippen LogP contribution is -2.23. The minimum atomic E-state index is -0.651. The van der Waals surface area contributed by atoms with Crippen molar-refractivity contribution in [3.8, 4) is 11.5 Å². The molecule has 1 heterocycles. The molecule has 0 saturated carbocycles. The van der Waals surface area contributed by atoms with E-state index in [2.05, 4.69) is 5.32 Å². The van der Waals surface area contributed by atoms with Crippen LogP contribution in [0.2, 0.25) is 0 Å². The molecule has 20 heavy (non-hydrogen) atoms. The number of rotatable bonds is 4. The van der Waals surface area contributed by atoms with E-state index in [0.717, 1.165) is 24.1 Å². The van der Waals surface area contributed by atoms with Crippen molar-refractivity contribution in [3.05, 3.63) is 35.5 Å². The third kappa shape index (κ3) is 2.77. The van der Waals surface area contributed by atoms with Gasteiger partial charge in [-0.05, 0) is 30.5 Å². The van der Waals surface area contributed by atoms with E-state index in [1.54, 1.807) is 18.2 Å². The number of carbonyl (C=O) groups is 1. The Morgan fingerprint density at radius 3 is 2.95 bits per heavy atom. The lowest BCUT2D eigenvalue weighted by Gasteiger charge is -2.17. The van der Waals surface area contributed by atoms with Crippen LogP contribution in [0.25, 0.3) is 0 Å². The first kappa shape index (κ1) is 13.0. The summed E-state index contributed by atoms with van der Waals surface area (Å²) in [6.45, 7) is 0.598. The van der Waals surface area contributed by atoms with Gasteiger partial charge in [0.15, 0.2) is 17.3 Å². The summed E-state index contributed by atoms with van der Waals surface area (Å²) >= 11 is 0. The number of hydrogen-bond donors (Lipinski definition) is 2. The normalized spacial score (nSPS) is 18.6. The lowest BCUT2D eigenvalue weighted by molar-refractivity contribution is -0.115. The van der Waals surface area contributed by atoms with E-state index < -0.39 is 6.10 Å². The Morgan fingerprint density at radius 2 is 2.10 bits per heavy atom. The molecule has 0 amide bonds. The summed E-state index contributed by atoms with van der Waals surface area (Å²) in [4.78, 5) is 11.3. The van der Waals surface area contributed by atoms with Crippen molar-refractivity contribution in [2.24, 2.45) is 0 Å². The average Bonchev–Trinajstić information content (AvgIpc) is 2.92. The fourth-order valence-corrected chi connectivity index (χ4v) is 2.40. The molecule has 106 valence electrons. The Labute approximate surface area is 117 Å². The first-order chi connectivity index (χ1) is 9.72. The Morgan fingerprint density at radius 1 is 1.25 bits per heavy atom. The van der Waals surface area contributed by atoms with E-state index in [9.17, 15) is 9.90 Å². The molecule has 1 aliphatic carbocycles. The quantitative estimate of drug-likeness (QED) is 0.875. The van der Waals surface area contributed by atoms with Crippen LogP contribution in [0.1, 0.15) is 30.9 Å². The molecule has 1 aliphatic heterocycles. The van der Waals surface area contributed by atoms with Crippen molar-refractivity contribution in [2.75, 3.05) is 13.3 Å². The van der Waals surface area contributed by atoms with Gasteiger partial charge in [-0.2, -0.15) is 0 Å². The minimum absolute atomic E-state index is 0.149. The first-order valence-electron chi connectivity index (χ1n) is 6.77. The molecule has 0 bridgehead atoms. The Hall–Kier alpha value is -2.01. The van der Waals surface area contributed by atoms with Crippen molar-refractivity contribution < 1.29 is 19.4 Å². The standard InChI is InChI=1S/C15H17NO4/c17-12-3-1-2-11(7-12)16-8-13(18)10-4-5-14-15(6-10)20-9-19-14/h4-7,13,16,18H,1-3,8-9H2. The molecule has 0 aromatic heterocycles. The highest BCUT2D eigenvalue weighted by Gasteiger charge is 2.17. The largest absolute Gasteiger partial charge is 0.454 e. The highest BCUT2D eigenvalue weighted by molar-refractivity contribution is 5.91. The summed E-state index contributed by atoms with van der Waals surface area (Å²) in [5.74, 6) is 1.51. The number of aliphatic hydroxyl groups excluding tert-OH is 1. The van der Waals surface area contributed by atoms with Gasteiger partial charge in [0, 0.05) is 24.7 Å². The molecule has 0 radical (unpaired) electrons. The zero-order valence-corrected chi connectivity index (χ0v) is 11.1. The van der Waals surface area contributed by atoms with E-state index in [-0.39, 0.29) is 12.6 Å². The van der Waals surface area contributed by atoms with Crippen molar-refractivity contribution in [3.63, 3.8) is 0 Å². The molecule has 0 spiro atoms. The van der Waals surface area contributed by atoms with Gasteiger partial charge in [0.25, 0.3) is 0 Å². The number of fused-ring (bicyclic) bond motifs is 1. The molecular weight excluding hydrogens is 258 g/mol. The number of hydrogen-bond acceptors (Lipinski definition) is 5. The molecule has 1 aromatic carbocycles. The van der Waals surface area contributed by atoms with Crippen molar-refractivity contribution >= 4 is 5.78 Å². The summed E-state index contributed by atoms with van der Waals surface area (Å²) in [5.41, 5.74) is 1.67. The smallest absolute Gasteiger partial charge is 0.231 e. The van der Waals surface area contributed by atoms with Crippen LogP contribution >= 0.6 is 0 Å². The van der Waals surface area contributed by atoms with Gasteiger partial charge in [0.2, 0.25) is 6.79 Å². The van der Waals surface area contributed by atoms with Gasteiger partial charge < -0.3 is 19.9 Å². The second-order valence-electron chi connectivity index (χ2n) is 5.00. The van der Waals surface area contributed by atoms with Gasteiger partial charge in [-0.1, -0.05) is 6.07 Å². The maximum atomic E-state index is 11.3. The van der Waals surface area contributed by atoms with Gasteiger partial charge in [-0.25, -0.2) is 0 Å². The summed E-state index contributed by atoms with van der Waals surface area (Å²) < 4.78 is 10.5. The van der Waals surface area contributed by atoms with Gasteiger partial charge >= 0.3 is 0 Å². The first-order valence-corrected chi connectivity index (χ1v) is 6.77. The average molecular weight is 275 g/mol. The number of aliphatic hydroxyl groups is 1. The Bertz CT molecular complexity index is 553. The summed E-state index contributed by atoms with van der Waals surface area (Å²) in [7, 11) is 0. The van der Waals surface area contributed by atoms with Crippen LogP contribution in [0.5, 0.6) is 11.5 Å². The van der Waals surface area contributed by atoms with E-state index in [0.29, 0.717) is 24.5 Å². The van der Waals surface area contributed by atoms with E-state index in [1.807, 2.05) is 6.07 Å². The fourth-order valence-electron chi connectivity index (χ4n) is 2.40. The van der Waals surface area contributed by atoms with Crippen LogP contribution in [0.4, 0.5) is 0 Å². The van der Waals surface area contributed by atoms with Gasteiger partial charge in [-0.15, -0.1) is 0 Å². The van der Waals surface area contributed by atoms with Crippen LogP contribution < -0.4 is 14.8 Å². The summed E-state index contributed by atoms with van der Waals surface area (Å²) in [6.07, 6.45) is 3.34. The second-order valence-corrected chi connectivity index (χ2v) is 5.00. The van der Waals surface area contributed by atoms with Gasteiger partial charge in [0.1, 0.15) is 0 Å². The molecule has 2 N–H and O–H groups in total. The predicted molar refractivity (Wildman–Crippen MR) is 72.5 cm³/mol. The molecular formula is C15H17NO4. The van der Waals surface area contributed by atoms with E-state index in [1.165, 1.54) is 0 Å². The molecule has 1 atom stereocenters. The molecule has 3 rings (SSSR count). The minimum Gasteiger partial charge on any atom is -0.454 e. The molecule has 0 fully saturated rings. The van der Waals surface area contributed by atoms with Crippen LogP contribution in [0.3, 0.4) is 0 Å². The topological polar surface area (TPSA) is 67.8 Å². The Kier molecular flexibility index (Phi) is 3.60. The zero-order valence-electron chi connectivity index (χ0n) is 11.1. The fraction of sp³-hybridized carbons (Fsp3) is 0.400. The summed E-state index contributed by atoms with van der Waals surface area (Å²) in [6, 6.07) is 5.40. The SMILES string of the molecule is O=C1C=C(NCC(O)c2ccc3c(c2)OCO3)CCC1. The molecule has 5 nitrogen and oxygen atoms in total. The number of nitrogens with one attached hydrogen (secondary N) is 1. The third-order valence-corrected chi connectivity index (χ3v) is 3.51. The summed E-state index contributed by atoms with van der Waals surface area (Å²) in [5, 5.41) is 13.3. The molecule has 2 aliphatic rings. The highest BCUT2D eigenvalue weighted by Crippen LogP contribution is 2.34. The predicted octanol–water partition coefficient (Wildman–Crippen LogP) is 1.68. The van der Waals surface area contributed by atoms with Gasteiger partial charge in [0.05, 0.1) is 6.10 Å². The molecule has 1 unspecified atom stereocenters. The van der Waals surface area contributed by atoms with Gasteiger partial charge in [-0.3, -0.25) is 4.79 Å². The lowest BCUT2D eigenvalue weighted by atomic mass is 10.0. The molecule has 5 heteroatoms. The second kappa shape index (κ2) is 5.54. The van der Waals surface area contributed by atoms with Crippen molar-refractivity contribution in [2.45, 2.75) is 25.4 Å². The maximum Gasteiger partial charge on any atom is 0.231 e. The van der Waals surface area contributed by atoms with Crippen molar-refractivity contribution in [1.82, 2.24) is 5.32 Å². The van der Waals surface area contributed by atoms with E-state index >= 15 is 0 Å². The monoisotopic (exact) mass is 275 g/mol. The number of ether oxygens (including phenoxy) is 2. The van der Waals surface area contributed by atoms with Crippen LogP contribution in [0, 0.1) is 0 Å². The number of carbonyl (C=O) groups excluding carboxylic acids is 1. The van der Waals surface area contributed by atoms with Crippen LogP contribution in [-0.2, 0) is 4.79 Å². The number of allylic oxidation sites excluding steroid dienone is 2. The zero-order chi connectivity index (χ0) is 13.9. The molecule has 1 aromatic rings. The van der Waals surface area contributed by atoms with E-state index in [4.69, 9.17) is 9.47 Å². The maximum absolute atomic E-state index is 11.3. The van der Waals surface area contributed by atoms with Crippen LogP contribution in [-0.4, -0.2) is 24.2 Å².